The summed E-state index contributed by atoms with van der Waals surface area (Å²) >= 11 is 1.56. The number of amides is 1. The lowest BCUT2D eigenvalue weighted by Gasteiger charge is -2.25. The van der Waals surface area contributed by atoms with Crippen LogP contribution in [0.5, 0.6) is 0 Å². The Morgan fingerprint density at radius 1 is 1.16 bits per heavy atom. The number of hydrogen-bond acceptors (Lipinski definition) is 5. The average molecular weight is 350 g/mol. The lowest BCUT2D eigenvalue weighted by atomic mass is 10.1. The Morgan fingerprint density at radius 2 is 2.00 bits per heavy atom. The van der Waals surface area contributed by atoms with E-state index in [-0.39, 0.29) is 5.91 Å². The molecule has 0 fully saturated rings. The lowest BCUT2D eigenvalue weighted by Crippen LogP contribution is -2.29. The maximum atomic E-state index is 12.2. The number of carbonyl (C=O) groups excluding carboxylic acids is 1. The molecule has 1 aromatic carbocycles. The Morgan fingerprint density at radius 3 is 2.80 bits per heavy atom. The second-order valence-electron chi connectivity index (χ2n) is 6.00. The minimum absolute atomic E-state index is 0.215. The topological polar surface area (TPSA) is 58.1 Å². The molecule has 0 bridgehead atoms. The van der Waals surface area contributed by atoms with Crippen molar-refractivity contribution in [3.63, 3.8) is 0 Å². The van der Waals surface area contributed by atoms with E-state index in [0.717, 1.165) is 31.7 Å². The van der Waals surface area contributed by atoms with Gasteiger partial charge in [0.25, 0.3) is 5.91 Å². The molecule has 25 heavy (non-hydrogen) atoms. The number of nitrogens with zero attached hydrogens (tertiary/aromatic N) is 3. The highest BCUT2D eigenvalue weighted by Crippen LogP contribution is 2.29. The fourth-order valence-corrected chi connectivity index (χ4v) is 3.98. The van der Waals surface area contributed by atoms with Crippen LogP contribution in [0.2, 0.25) is 0 Å². The molecule has 3 heterocycles. The molecule has 0 spiro atoms. The van der Waals surface area contributed by atoms with E-state index in [0.29, 0.717) is 10.8 Å². The van der Waals surface area contributed by atoms with Crippen LogP contribution in [-0.2, 0) is 19.5 Å². The minimum atomic E-state index is -0.215. The molecule has 2 aromatic heterocycles. The van der Waals surface area contributed by atoms with Crippen molar-refractivity contribution in [2.75, 3.05) is 11.9 Å². The number of aromatic nitrogens is 2. The van der Waals surface area contributed by atoms with Gasteiger partial charge >= 0.3 is 0 Å². The molecule has 126 valence electrons. The minimum Gasteiger partial charge on any atom is -0.296 e. The summed E-state index contributed by atoms with van der Waals surface area (Å²) in [4.78, 5) is 24.5. The van der Waals surface area contributed by atoms with E-state index < -0.39 is 0 Å². The van der Waals surface area contributed by atoms with Crippen molar-refractivity contribution in [2.24, 2.45) is 0 Å². The van der Waals surface area contributed by atoms with E-state index in [1.54, 1.807) is 35.7 Å². The summed E-state index contributed by atoms with van der Waals surface area (Å²) in [6, 6.07) is 15.8. The van der Waals surface area contributed by atoms with Crippen molar-refractivity contribution in [1.82, 2.24) is 14.9 Å². The third-order valence-corrected chi connectivity index (χ3v) is 5.18. The third kappa shape index (κ3) is 3.75. The predicted octanol–water partition coefficient (Wildman–Crippen LogP) is 3.35. The van der Waals surface area contributed by atoms with Crippen molar-refractivity contribution in [1.29, 1.82) is 0 Å². The van der Waals surface area contributed by atoms with Gasteiger partial charge in [-0.05, 0) is 17.7 Å². The Kier molecular flexibility index (Phi) is 4.54. The highest BCUT2D eigenvalue weighted by Gasteiger charge is 2.21. The summed E-state index contributed by atoms with van der Waals surface area (Å²) in [6.45, 7) is 2.80. The molecule has 4 rings (SSSR count). The number of anilines is 1. The second kappa shape index (κ2) is 7.13. The van der Waals surface area contributed by atoms with Gasteiger partial charge < -0.3 is 0 Å². The van der Waals surface area contributed by atoms with E-state index >= 15 is 0 Å². The predicted molar refractivity (Wildman–Crippen MR) is 98.6 cm³/mol. The summed E-state index contributed by atoms with van der Waals surface area (Å²) in [5.74, 6) is -0.215. The van der Waals surface area contributed by atoms with Gasteiger partial charge in [0.15, 0.2) is 5.13 Å². The monoisotopic (exact) mass is 350 g/mol. The van der Waals surface area contributed by atoms with Crippen molar-refractivity contribution < 1.29 is 4.79 Å². The Hall–Kier alpha value is -2.57. The zero-order chi connectivity index (χ0) is 17.1. The van der Waals surface area contributed by atoms with E-state index in [2.05, 4.69) is 44.5 Å². The average Bonchev–Trinajstić information content (AvgIpc) is 3.05. The van der Waals surface area contributed by atoms with Crippen LogP contribution in [0.4, 0.5) is 5.13 Å². The molecular weight excluding hydrogens is 332 g/mol. The van der Waals surface area contributed by atoms with Gasteiger partial charge in [-0.3, -0.25) is 20.0 Å². The fraction of sp³-hybridized carbons (Fsp3) is 0.211. The van der Waals surface area contributed by atoms with Gasteiger partial charge in [0.1, 0.15) is 5.69 Å². The maximum absolute atomic E-state index is 12.2. The number of hydrogen-bond donors (Lipinski definition) is 1. The first-order valence-electron chi connectivity index (χ1n) is 8.25. The van der Waals surface area contributed by atoms with Crippen LogP contribution in [-0.4, -0.2) is 27.3 Å². The van der Waals surface area contributed by atoms with Crippen LogP contribution in [0.15, 0.2) is 54.7 Å². The number of benzene rings is 1. The molecule has 0 aliphatic carbocycles. The molecule has 0 unspecified atom stereocenters. The highest BCUT2D eigenvalue weighted by atomic mass is 32.1. The summed E-state index contributed by atoms with van der Waals surface area (Å²) in [5.41, 5.74) is 2.83. The summed E-state index contributed by atoms with van der Waals surface area (Å²) in [6.07, 6.45) is 2.53. The maximum Gasteiger partial charge on any atom is 0.276 e. The van der Waals surface area contributed by atoms with Crippen LogP contribution in [0.3, 0.4) is 0 Å². The number of nitrogens with one attached hydrogen (secondary N) is 1. The Balaban J connectivity index is 1.43. The molecule has 1 aliphatic heterocycles. The van der Waals surface area contributed by atoms with Crippen molar-refractivity contribution in [3.05, 3.63) is 76.6 Å². The largest absolute Gasteiger partial charge is 0.296 e. The first-order chi connectivity index (χ1) is 12.3. The second-order valence-corrected chi connectivity index (χ2v) is 7.09. The zero-order valence-corrected chi connectivity index (χ0v) is 14.5. The van der Waals surface area contributed by atoms with E-state index in [9.17, 15) is 4.79 Å². The normalized spacial score (nSPS) is 14.1. The van der Waals surface area contributed by atoms with Crippen LogP contribution in [0.25, 0.3) is 0 Å². The number of fused-ring (bicyclic) bond motifs is 1. The van der Waals surface area contributed by atoms with Gasteiger partial charge in [-0.25, -0.2) is 4.98 Å². The molecular formula is C19H18N4OS. The summed E-state index contributed by atoms with van der Waals surface area (Å²) in [5, 5.41) is 3.52. The standard InChI is InChI=1S/C19H18N4OS/c24-18(16-8-4-5-10-20-16)22-19-21-15-9-11-23(13-17(15)25-19)12-14-6-2-1-3-7-14/h1-8,10H,9,11-13H2,(H,21,22,24). The molecule has 0 radical (unpaired) electrons. The molecule has 1 aliphatic rings. The smallest absolute Gasteiger partial charge is 0.276 e. The fourth-order valence-electron chi connectivity index (χ4n) is 2.94. The van der Waals surface area contributed by atoms with Gasteiger partial charge in [0.05, 0.1) is 5.69 Å². The van der Waals surface area contributed by atoms with Gasteiger partial charge in [-0.1, -0.05) is 36.4 Å². The number of thiazole rings is 1. The molecule has 1 amide bonds. The molecule has 5 nitrogen and oxygen atoms in total. The third-order valence-electron chi connectivity index (χ3n) is 4.18. The first-order valence-corrected chi connectivity index (χ1v) is 9.07. The Bertz CT molecular complexity index is 864. The van der Waals surface area contributed by atoms with Crippen molar-refractivity contribution >= 4 is 22.4 Å². The van der Waals surface area contributed by atoms with Crippen molar-refractivity contribution in [3.8, 4) is 0 Å². The summed E-state index contributed by atoms with van der Waals surface area (Å²) in [7, 11) is 0. The van der Waals surface area contributed by atoms with Crippen LogP contribution in [0, 0.1) is 0 Å². The first kappa shape index (κ1) is 15.9. The molecule has 0 atom stereocenters. The molecule has 3 aromatic rings. The quantitative estimate of drug-likeness (QED) is 0.784. The summed E-state index contributed by atoms with van der Waals surface area (Å²) < 4.78 is 0. The van der Waals surface area contributed by atoms with E-state index in [4.69, 9.17) is 0 Å². The van der Waals surface area contributed by atoms with E-state index in [1.807, 2.05) is 6.07 Å². The van der Waals surface area contributed by atoms with Gasteiger partial charge in [-0.2, -0.15) is 0 Å². The lowest BCUT2D eigenvalue weighted by molar-refractivity contribution is 0.102. The van der Waals surface area contributed by atoms with Crippen LogP contribution < -0.4 is 5.32 Å². The number of rotatable bonds is 4. The number of carbonyl (C=O) groups is 1. The van der Waals surface area contributed by atoms with Gasteiger partial charge in [-0.15, -0.1) is 11.3 Å². The van der Waals surface area contributed by atoms with Gasteiger partial charge in [0.2, 0.25) is 0 Å². The molecule has 0 saturated carbocycles. The van der Waals surface area contributed by atoms with Crippen LogP contribution in [0.1, 0.15) is 26.6 Å². The van der Waals surface area contributed by atoms with Crippen molar-refractivity contribution in [2.45, 2.75) is 19.5 Å². The zero-order valence-electron chi connectivity index (χ0n) is 13.7. The van der Waals surface area contributed by atoms with E-state index in [1.165, 1.54) is 10.4 Å². The molecule has 6 heteroatoms. The van der Waals surface area contributed by atoms with Gasteiger partial charge in [0, 0.05) is 37.1 Å². The highest BCUT2D eigenvalue weighted by molar-refractivity contribution is 7.15. The number of pyridine rings is 1. The molecule has 1 N–H and O–H groups in total. The SMILES string of the molecule is O=C(Nc1nc2c(s1)CN(Cc1ccccc1)CC2)c1ccccn1. The Labute approximate surface area is 150 Å². The van der Waals surface area contributed by atoms with Crippen LogP contribution >= 0.6 is 11.3 Å². The molecule has 0 saturated heterocycles.